The van der Waals surface area contributed by atoms with Gasteiger partial charge in [-0.25, -0.2) is 0 Å². The summed E-state index contributed by atoms with van der Waals surface area (Å²) in [4.78, 5) is 0. The van der Waals surface area contributed by atoms with Gasteiger partial charge in [0.2, 0.25) is 0 Å². The van der Waals surface area contributed by atoms with Gasteiger partial charge in [0.15, 0.2) is 0 Å². The quantitative estimate of drug-likeness (QED) is 0.856. The van der Waals surface area contributed by atoms with Crippen LogP contribution in [-0.2, 0) is 5.41 Å². The third-order valence-corrected chi connectivity index (χ3v) is 4.59. The normalized spacial score (nSPS) is 23.3. The summed E-state index contributed by atoms with van der Waals surface area (Å²) >= 11 is 3.64. The molecular weight excluding hydrogens is 262 g/mol. The van der Waals surface area contributed by atoms with Crippen molar-refractivity contribution >= 4 is 21.6 Å². The molecule has 0 radical (unpaired) electrons. The molecule has 1 aliphatic heterocycles. The van der Waals surface area contributed by atoms with E-state index in [0.717, 1.165) is 6.54 Å². The third-order valence-electron chi connectivity index (χ3n) is 3.93. The Balaban J connectivity index is 2.50. The molecule has 1 aromatic carbocycles. The Morgan fingerprint density at radius 3 is 2.81 bits per heavy atom. The summed E-state index contributed by atoms with van der Waals surface area (Å²) in [7, 11) is 0. The van der Waals surface area contributed by atoms with Crippen molar-refractivity contribution < 1.29 is 0 Å². The van der Waals surface area contributed by atoms with Crippen LogP contribution in [0, 0.1) is 5.92 Å². The van der Waals surface area contributed by atoms with E-state index >= 15 is 0 Å². The van der Waals surface area contributed by atoms with Gasteiger partial charge in [0.1, 0.15) is 0 Å². The molecule has 1 unspecified atom stereocenters. The Bertz CT molecular complexity index is 386. The summed E-state index contributed by atoms with van der Waals surface area (Å²) in [6, 6.07) is 6.56. The number of halogens is 1. The number of anilines is 1. The minimum atomic E-state index is 0.327. The average Bonchev–Trinajstić information content (AvgIpc) is 2.61. The molecule has 0 aliphatic carbocycles. The van der Waals surface area contributed by atoms with Crippen LogP contribution in [0.5, 0.6) is 0 Å². The number of fused-ring (bicyclic) bond motifs is 1. The van der Waals surface area contributed by atoms with Gasteiger partial charge >= 0.3 is 0 Å². The first-order valence-corrected chi connectivity index (χ1v) is 6.94. The van der Waals surface area contributed by atoms with Crippen LogP contribution in [0.3, 0.4) is 0 Å². The molecule has 1 N–H and O–H groups in total. The van der Waals surface area contributed by atoms with Gasteiger partial charge < -0.3 is 5.32 Å². The molecule has 1 aromatic rings. The lowest BCUT2D eigenvalue weighted by Gasteiger charge is -2.33. The van der Waals surface area contributed by atoms with E-state index in [1.807, 2.05) is 0 Å². The summed E-state index contributed by atoms with van der Waals surface area (Å²) < 4.78 is 1.20. The van der Waals surface area contributed by atoms with Gasteiger partial charge in [-0.05, 0) is 39.9 Å². The molecule has 0 spiro atoms. The highest BCUT2D eigenvalue weighted by Crippen LogP contribution is 2.47. The average molecular weight is 282 g/mol. The number of rotatable bonds is 3. The second-order valence-electron chi connectivity index (χ2n) is 5.08. The van der Waals surface area contributed by atoms with Crippen LogP contribution >= 0.6 is 15.9 Å². The summed E-state index contributed by atoms with van der Waals surface area (Å²) in [5.74, 6) is 0.676. The number of benzene rings is 1. The van der Waals surface area contributed by atoms with Crippen LogP contribution in [0.2, 0.25) is 0 Å². The molecule has 2 rings (SSSR count). The van der Waals surface area contributed by atoms with Crippen LogP contribution < -0.4 is 5.32 Å². The molecule has 0 amide bonds. The Morgan fingerprint density at radius 1 is 1.44 bits per heavy atom. The molecule has 1 nitrogen and oxygen atoms in total. The van der Waals surface area contributed by atoms with Gasteiger partial charge in [-0.15, -0.1) is 0 Å². The standard InChI is InChI=1S/C14H20BrN/c1-4-8-14(10(2)3)9-16-13-11(14)6-5-7-12(13)15/h5-7,10,16H,4,8-9H2,1-3H3. The number of para-hydroxylation sites is 1. The lowest BCUT2D eigenvalue weighted by atomic mass is 9.70. The predicted octanol–water partition coefficient (Wildman–Crippen LogP) is 4.57. The maximum absolute atomic E-state index is 3.64. The number of nitrogens with one attached hydrogen (secondary N) is 1. The third kappa shape index (κ3) is 1.67. The smallest absolute Gasteiger partial charge is 0.0523 e. The van der Waals surface area contributed by atoms with Crippen molar-refractivity contribution in [3.63, 3.8) is 0 Å². The van der Waals surface area contributed by atoms with Crippen LogP contribution in [0.4, 0.5) is 5.69 Å². The fourth-order valence-electron chi connectivity index (χ4n) is 2.93. The molecule has 0 fully saturated rings. The minimum absolute atomic E-state index is 0.327. The van der Waals surface area contributed by atoms with Gasteiger partial charge in [0, 0.05) is 16.4 Å². The second-order valence-corrected chi connectivity index (χ2v) is 5.93. The van der Waals surface area contributed by atoms with E-state index in [2.05, 4.69) is 60.2 Å². The molecule has 88 valence electrons. The zero-order chi connectivity index (χ0) is 11.8. The van der Waals surface area contributed by atoms with Crippen molar-refractivity contribution in [2.75, 3.05) is 11.9 Å². The monoisotopic (exact) mass is 281 g/mol. The minimum Gasteiger partial charge on any atom is -0.383 e. The molecule has 0 saturated carbocycles. The predicted molar refractivity (Wildman–Crippen MR) is 74.1 cm³/mol. The summed E-state index contributed by atoms with van der Waals surface area (Å²) in [5, 5.41) is 3.58. The SMILES string of the molecule is CCCC1(C(C)C)CNc2c(Br)cccc21. The highest BCUT2D eigenvalue weighted by Gasteiger charge is 2.41. The number of hydrogen-bond donors (Lipinski definition) is 1. The maximum Gasteiger partial charge on any atom is 0.0523 e. The highest BCUT2D eigenvalue weighted by molar-refractivity contribution is 9.10. The summed E-state index contributed by atoms with van der Waals surface area (Å²) in [5.41, 5.74) is 3.14. The van der Waals surface area contributed by atoms with Gasteiger partial charge in [-0.2, -0.15) is 0 Å². The Morgan fingerprint density at radius 2 is 2.19 bits per heavy atom. The topological polar surface area (TPSA) is 12.0 Å². The van der Waals surface area contributed by atoms with Crippen molar-refractivity contribution in [3.8, 4) is 0 Å². The fourth-order valence-corrected chi connectivity index (χ4v) is 3.44. The largest absolute Gasteiger partial charge is 0.383 e. The van der Waals surface area contributed by atoms with E-state index in [0.29, 0.717) is 11.3 Å². The van der Waals surface area contributed by atoms with E-state index < -0.39 is 0 Å². The Kier molecular flexibility index (Phi) is 3.29. The molecule has 1 heterocycles. The van der Waals surface area contributed by atoms with E-state index in [9.17, 15) is 0 Å². The summed E-state index contributed by atoms with van der Waals surface area (Å²) in [6.07, 6.45) is 2.51. The first kappa shape index (κ1) is 12.0. The van der Waals surface area contributed by atoms with Gasteiger partial charge in [-0.1, -0.05) is 39.3 Å². The van der Waals surface area contributed by atoms with Crippen LogP contribution in [-0.4, -0.2) is 6.54 Å². The molecule has 16 heavy (non-hydrogen) atoms. The van der Waals surface area contributed by atoms with Crippen molar-refractivity contribution in [1.29, 1.82) is 0 Å². The van der Waals surface area contributed by atoms with E-state index in [4.69, 9.17) is 0 Å². The number of hydrogen-bond acceptors (Lipinski definition) is 1. The van der Waals surface area contributed by atoms with Gasteiger partial charge in [-0.3, -0.25) is 0 Å². The van der Waals surface area contributed by atoms with Crippen molar-refractivity contribution in [1.82, 2.24) is 0 Å². The molecule has 0 aromatic heterocycles. The van der Waals surface area contributed by atoms with Crippen molar-refractivity contribution in [2.45, 2.75) is 39.0 Å². The molecule has 2 heteroatoms. The maximum atomic E-state index is 3.64. The van der Waals surface area contributed by atoms with Crippen LogP contribution in [0.1, 0.15) is 39.2 Å². The summed E-state index contributed by atoms with van der Waals surface area (Å²) in [6.45, 7) is 8.04. The highest BCUT2D eigenvalue weighted by atomic mass is 79.9. The first-order chi connectivity index (χ1) is 7.62. The molecule has 1 aliphatic rings. The zero-order valence-electron chi connectivity index (χ0n) is 10.3. The Hall–Kier alpha value is -0.500. The van der Waals surface area contributed by atoms with Crippen LogP contribution in [0.15, 0.2) is 22.7 Å². The van der Waals surface area contributed by atoms with Crippen molar-refractivity contribution in [2.24, 2.45) is 5.92 Å². The molecular formula is C14H20BrN. The fraction of sp³-hybridized carbons (Fsp3) is 0.571. The second kappa shape index (κ2) is 4.40. The van der Waals surface area contributed by atoms with E-state index in [1.165, 1.54) is 28.6 Å². The lowest BCUT2D eigenvalue weighted by molar-refractivity contribution is 0.311. The van der Waals surface area contributed by atoms with E-state index in [1.54, 1.807) is 0 Å². The van der Waals surface area contributed by atoms with Crippen LogP contribution in [0.25, 0.3) is 0 Å². The molecule has 0 saturated heterocycles. The first-order valence-electron chi connectivity index (χ1n) is 6.14. The molecule has 1 atom stereocenters. The van der Waals surface area contributed by atoms with E-state index in [-0.39, 0.29) is 0 Å². The van der Waals surface area contributed by atoms with Gasteiger partial charge in [0.05, 0.1) is 5.69 Å². The molecule has 0 bridgehead atoms. The lowest BCUT2D eigenvalue weighted by Crippen LogP contribution is -2.34. The zero-order valence-corrected chi connectivity index (χ0v) is 11.9. The van der Waals surface area contributed by atoms with Gasteiger partial charge in [0.25, 0.3) is 0 Å². The Labute approximate surface area is 107 Å². The van der Waals surface area contributed by atoms with Crippen molar-refractivity contribution in [3.05, 3.63) is 28.2 Å².